The number of carbonyl (C=O) groups excluding carboxylic acids is 2. The number of benzene rings is 2. The van der Waals surface area contributed by atoms with Gasteiger partial charge in [0.1, 0.15) is 0 Å². The summed E-state index contributed by atoms with van der Waals surface area (Å²) >= 11 is 0. The van der Waals surface area contributed by atoms with Gasteiger partial charge in [-0.2, -0.15) is 0 Å². The number of hydrogen-bond donors (Lipinski definition) is 1. The first-order chi connectivity index (χ1) is 13.0. The van der Waals surface area contributed by atoms with E-state index in [4.69, 9.17) is 14.2 Å². The minimum absolute atomic E-state index is 0.264. The summed E-state index contributed by atoms with van der Waals surface area (Å²) in [6.45, 7) is 6.06. The number of carbonyl (C=O) groups is 2. The van der Waals surface area contributed by atoms with Crippen molar-refractivity contribution in [1.82, 2.24) is 0 Å². The Morgan fingerprint density at radius 2 is 1.81 bits per heavy atom. The van der Waals surface area contributed by atoms with Crippen molar-refractivity contribution in [1.29, 1.82) is 0 Å². The third-order valence-electron chi connectivity index (χ3n) is 3.89. The van der Waals surface area contributed by atoms with E-state index in [1.165, 1.54) is 13.2 Å². The van der Waals surface area contributed by atoms with Crippen LogP contribution in [0.2, 0.25) is 0 Å². The van der Waals surface area contributed by atoms with Gasteiger partial charge in [-0.05, 0) is 42.7 Å². The van der Waals surface area contributed by atoms with Gasteiger partial charge in [-0.1, -0.05) is 32.0 Å². The molecule has 0 bridgehead atoms. The Balaban J connectivity index is 1.98. The first kappa shape index (κ1) is 20.3. The van der Waals surface area contributed by atoms with Crippen molar-refractivity contribution in [2.24, 2.45) is 0 Å². The number of methoxy groups -OCH3 is 1. The highest BCUT2D eigenvalue weighted by Gasteiger charge is 2.15. The van der Waals surface area contributed by atoms with E-state index in [2.05, 4.69) is 5.32 Å². The molecule has 0 saturated heterocycles. The predicted octanol–water partition coefficient (Wildman–Crippen LogP) is 4.01. The van der Waals surface area contributed by atoms with E-state index < -0.39 is 11.9 Å². The van der Waals surface area contributed by atoms with Crippen molar-refractivity contribution in [3.63, 3.8) is 0 Å². The number of hydrogen-bond acceptors (Lipinski definition) is 5. The van der Waals surface area contributed by atoms with E-state index in [0.717, 1.165) is 11.3 Å². The van der Waals surface area contributed by atoms with Crippen molar-refractivity contribution in [3.8, 4) is 11.5 Å². The fourth-order valence-corrected chi connectivity index (χ4v) is 2.58. The fourth-order valence-electron chi connectivity index (χ4n) is 2.58. The minimum atomic E-state index is -0.608. The summed E-state index contributed by atoms with van der Waals surface area (Å²) in [4.78, 5) is 24.4. The largest absolute Gasteiger partial charge is 0.493 e. The molecule has 0 atom stereocenters. The Kier molecular flexibility index (Phi) is 7.23. The van der Waals surface area contributed by atoms with E-state index >= 15 is 0 Å². The molecular weight excluding hydrogens is 346 g/mol. The maximum absolute atomic E-state index is 12.2. The summed E-state index contributed by atoms with van der Waals surface area (Å²) < 4.78 is 15.7. The number of nitrogens with one attached hydrogen (secondary N) is 1. The molecule has 0 unspecified atom stereocenters. The van der Waals surface area contributed by atoms with Gasteiger partial charge in [0.25, 0.3) is 5.91 Å². The summed E-state index contributed by atoms with van der Waals surface area (Å²) in [6.07, 6.45) is 0. The molecule has 2 aromatic rings. The topological polar surface area (TPSA) is 73.9 Å². The summed E-state index contributed by atoms with van der Waals surface area (Å²) in [5.41, 5.74) is 2.02. The Morgan fingerprint density at radius 3 is 2.48 bits per heavy atom. The molecule has 0 spiro atoms. The van der Waals surface area contributed by atoms with Gasteiger partial charge >= 0.3 is 5.97 Å². The molecule has 1 amide bonds. The Hall–Kier alpha value is -3.02. The van der Waals surface area contributed by atoms with Crippen molar-refractivity contribution in [3.05, 3.63) is 53.6 Å². The molecule has 0 aliphatic rings. The summed E-state index contributed by atoms with van der Waals surface area (Å²) in [5.74, 6) is 0.236. The molecule has 144 valence electrons. The van der Waals surface area contributed by atoms with Gasteiger partial charge in [-0.3, -0.25) is 4.79 Å². The molecule has 2 aromatic carbocycles. The quantitative estimate of drug-likeness (QED) is 0.710. The molecule has 6 nitrogen and oxygen atoms in total. The second-order valence-electron chi connectivity index (χ2n) is 6.16. The second-order valence-corrected chi connectivity index (χ2v) is 6.16. The van der Waals surface area contributed by atoms with Crippen molar-refractivity contribution in [2.45, 2.75) is 26.7 Å². The molecular formula is C21H25NO5. The second kappa shape index (κ2) is 9.62. The van der Waals surface area contributed by atoms with Crippen LogP contribution >= 0.6 is 0 Å². The zero-order valence-corrected chi connectivity index (χ0v) is 16.1. The van der Waals surface area contributed by atoms with Crippen LogP contribution in [0.3, 0.4) is 0 Å². The summed E-state index contributed by atoms with van der Waals surface area (Å²) in [6, 6.07) is 12.3. The minimum Gasteiger partial charge on any atom is -0.493 e. The zero-order valence-electron chi connectivity index (χ0n) is 16.1. The normalized spacial score (nSPS) is 10.4. The average molecular weight is 371 g/mol. The average Bonchev–Trinajstić information content (AvgIpc) is 2.66. The van der Waals surface area contributed by atoms with E-state index in [-0.39, 0.29) is 18.1 Å². The van der Waals surface area contributed by atoms with Crippen LogP contribution in [0.1, 0.15) is 42.6 Å². The number of rotatable bonds is 8. The third-order valence-corrected chi connectivity index (χ3v) is 3.89. The predicted molar refractivity (Wildman–Crippen MR) is 104 cm³/mol. The Labute approximate surface area is 159 Å². The van der Waals surface area contributed by atoms with E-state index in [0.29, 0.717) is 18.1 Å². The molecule has 6 heteroatoms. The summed E-state index contributed by atoms with van der Waals surface area (Å²) in [5, 5.41) is 2.79. The highest BCUT2D eigenvalue weighted by molar-refractivity contribution is 5.96. The lowest BCUT2D eigenvalue weighted by Gasteiger charge is -2.14. The molecule has 0 aromatic heterocycles. The van der Waals surface area contributed by atoms with Gasteiger partial charge in [-0.25, -0.2) is 4.79 Å². The molecule has 0 aliphatic heterocycles. The fraction of sp³-hybridized carbons (Fsp3) is 0.333. The Morgan fingerprint density at radius 1 is 1.07 bits per heavy atom. The van der Waals surface area contributed by atoms with Crippen LogP contribution in [0.4, 0.5) is 5.69 Å². The molecule has 0 radical (unpaired) electrons. The standard InChI is InChI=1S/C21H25NO5/c1-5-26-18-11-10-15(12-19(18)25-4)21(24)27-13-20(23)22-17-9-7-6-8-16(17)14(2)3/h6-12,14H,5,13H2,1-4H3,(H,22,23). The maximum Gasteiger partial charge on any atom is 0.338 e. The number of esters is 1. The highest BCUT2D eigenvalue weighted by atomic mass is 16.5. The molecule has 2 rings (SSSR count). The van der Waals surface area contributed by atoms with Crippen molar-refractivity contribution in [2.75, 3.05) is 25.6 Å². The van der Waals surface area contributed by atoms with E-state index in [9.17, 15) is 9.59 Å². The lowest BCUT2D eigenvalue weighted by atomic mass is 10.0. The highest BCUT2D eigenvalue weighted by Crippen LogP contribution is 2.28. The van der Waals surface area contributed by atoms with Crippen molar-refractivity contribution >= 4 is 17.6 Å². The zero-order chi connectivity index (χ0) is 19.8. The molecule has 27 heavy (non-hydrogen) atoms. The van der Waals surface area contributed by atoms with Gasteiger partial charge in [0.2, 0.25) is 0 Å². The molecule has 0 aliphatic carbocycles. The van der Waals surface area contributed by atoms with Gasteiger partial charge in [0, 0.05) is 5.69 Å². The van der Waals surface area contributed by atoms with Crippen LogP contribution in [-0.4, -0.2) is 32.2 Å². The number of ether oxygens (including phenoxy) is 3. The molecule has 0 fully saturated rings. The number of amides is 1. The van der Waals surface area contributed by atoms with Crippen LogP contribution in [0, 0.1) is 0 Å². The van der Waals surface area contributed by atoms with E-state index in [1.54, 1.807) is 12.1 Å². The third kappa shape index (κ3) is 5.48. The monoisotopic (exact) mass is 371 g/mol. The van der Waals surface area contributed by atoms with Crippen molar-refractivity contribution < 1.29 is 23.8 Å². The SMILES string of the molecule is CCOc1ccc(C(=O)OCC(=O)Nc2ccccc2C(C)C)cc1OC. The number of anilines is 1. The smallest absolute Gasteiger partial charge is 0.338 e. The van der Waals surface area contributed by atoms with Crippen LogP contribution in [0.15, 0.2) is 42.5 Å². The van der Waals surface area contributed by atoms with Crippen LogP contribution in [-0.2, 0) is 9.53 Å². The maximum atomic E-state index is 12.2. The first-order valence-electron chi connectivity index (χ1n) is 8.83. The summed E-state index contributed by atoms with van der Waals surface area (Å²) in [7, 11) is 1.49. The Bertz CT molecular complexity index is 801. The van der Waals surface area contributed by atoms with Crippen LogP contribution in [0.25, 0.3) is 0 Å². The van der Waals surface area contributed by atoms with Gasteiger partial charge in [-0.15, -0.1) is 0 Å². The van der Waals surface area contributed by atoms with Gasteiger partial charge in [0.15, 0.2) is 18.1 Å². The lowest BCUT2D eigenvalue weighted by molar-refractivity contribution is -0.119. The lowest BCUT2D eigenvalue weighted by Crippen LogP contribution is -2.21. The first-order valence-corrected chi connectivity index (χ1v) is 8.83. The van der Waals surface area contributed by atoms with Crippen LogP contribution < -0.4 is 14.8 Å². The molecule has 0 heterocycles. The molecule has 1 N–H and O–H groups in total. The van der Waals surface area contributed by atoms with Crippen LogP contribution in [0.5, 0.6) is 11.5 Å². The van der Waals surface area contributed by atoms with Gasteiger partial charge < -0.3 is 19.5 Å². The number of para-hydroxylation sites is 1. The molecule has 0 saturated carbocycles. The van der Waals surface area contributed by atoms with E-state index in [1.807, 2.05) is 45.0 Å². The van der Waals surface area contributed by atoms with Gasteiger partial charge in [0.05, 0.1) is 19.3 Å².